The summed E-state index contributed by atoms with van der Waals surface area (Å²) in [6, 6.07) is 14.6. The number of rotatable bonds is 1. The first-order valence-corrected chi connectivity index (χ1v) is 7.03. The van der Waals surface area contributed by atoms with Crippen molar-refractivity contribution in [1.29, 1.82) is 0 Å². The molecule has 20 heavy (non-hydrogen) atoms. The van der Waals surface area contributed by atoms with E-state index in [-0.39, 0.29) is 11.9 Å². The van der Waals surface area contributed by atoms with Crippen LogP contribution >= 0.6 is 0 Å². The van der Waals surface area contributed by atoms with Gasteiger partial charge in [-0.3, -0.25) is 4.79 Å². The molecule has 2 aromatic carbocycles. The Hall–Kier alpha value is -2.09. The smallest absolute Gasteiger partial charge is 0.317 e. The summed E-state index contributed by atoms with van der Waals surface area (Å²) in [7, 11) is 0. The van der Waals surface area contributed by atoms with Gasteiger partial charge in [-0.25, -0.2) is 0 Å². The number of hydrogen-bond acceptors (Lipinski definition) is 2. The van der Waals surface area contributed by atoms with Crippen LogP contribution in [0.25, 0.3) is 10.8 Å². The van der Waals surface area contributed by atoms with E-state index < -0.39 is 5.41 Å². The third-order valence-corrected chi connectivity index (χ3v) is 4.81. The minimum absolute atomic E-state index is 0.0727. The minimum atomic E-state index is -0.485. The van der Waals surface area contributed by atoms with E-state index in [2.05, 4.69) is 36.9 Å². The highest BCUT2D eigenvalue weighted by Crippen LogP contribution is 2.52. The third-order valence-electron chi connectivity index (χ3n) is 4.81. The molecule has 4 rings (SSSR count). The molecule has 0 N–H and O–H groups in total. The zero-order valence-corrected chi connectivity index (χ0v) is 11.3. The molecule has 1 saturated carbocycles. The van der Waals surface area contributed by atoms with E-state index in [1.165, 1.54) is 16.3 Å². The van der Waals surface area contributed by atoms with E-state index in [1.54, 1.807) is 0 Å². The molecule has 2 fully saturated rings. The third kappa shape index (κ3) is 1.42. The molecule has 2 nitrogen and oxygen atoms in total. The summed E-state index contributed by atoms with van der Waals surface area (Å²) in [5.74, 6) is 0.181. The average Bonchev–Trinajstić information content (AvgIpc) is 2.95. The summed E-state index contributed by atoms with van der Waals surface area (Å²) < 4.78 is 5.36. The Kier molecular flexibility index (Phi) is 2.31. The predicted octanol–water partition coefficient (Wildman–Crippen LogP) is 3.60. The van der Waals surface area contributed by atoms with Crippen LogP contribution in [0.5, 0.6) is 0 Å². The van der Waals surface area contributed by atoms with Gasteiger partial charge in [0.15, 0.2) is 0 Å². The molecule has 0 radical (unpaired) electrons. The maximum absolute atomic E-state index is 12.4. The fourth-order valence-electron chi connectivity index (χ4n) is 3.80. The molecule has 1 saturated heterocycles. The Balaban J connectivity index is 1.92. The van der Waals surface area contributed by atoms with Gasteiger partial charge in [0.05, 0.1) is 6.61 Å². The van der Waals surface area contributed by atoms with Gasteiger partial charge in [-0.15, -0.1) is 0 Å². The topological polar surface area (TPSA) is 26.3 Å². The second-order valence-corrected chi connectivity index (χ2v) is 5.96. The molecule has 1 heterocycles. The normalized spacial score (nSPS) is 28.7. The summed E-state index contributed by atoms with van der Waals surface area (Å²) in [6.45, 7) is 4.63. The number of ether oxygens (including phenoxy) is 1. The summed E-state index contributed by atoms with van der Waals surface area (Å²) in [4.78, 5) is 12.4. The van der Waals surface area contributed by atoms with Gasteiger partial charge in [-0.2, -0.15) is 0 Å². The first kappa shape index (κ1) is 11.7. The summed E-state index contributed by atoms with van der Waals surface area (Å²) in [5.41, 5.74) is 1.77. The monoisotopic (exact) mass is 264 g/mol. The van der Waals surface area contributed by atoms with Crippen molar-refractivity contribution >= 4 is 16.7 Å². The lowest BCUT2D eigenvalue weighted by Gasteiger charge is -2.25. The van der Waals surface area contributed by atoms with Gasteiger partial charge in [-0.05, 0) is 35.2 Å². The number of cyclic esters (lactones) is 1. The van der Waals surface area contributed by atoms with Crippen LogP contribution in [0.4, 0.5) is 0 Å². The van der Waals surface area contributed by atoms with Crippen molar-refractivity contribution in [1.82, 2.24) is 0 Å². The number of carbonyl (C=O) groups is 1. The lowest BCUT2D eigenvalue weighted by molar-refractivity contribution is -0.142. The Morgan fingerprint density at radius 3 is 2.80 bits per heavy atom. The molecule has 0 spiro atoms. The van der Waals surface area contributed by atoms with Crippen LogP contribution in [-0.2, 0) is 14.9 Å². The van der Waals surface area contributed by atoms with E-state index in [0.717, 1.165) is 18.4 Å². The van der Waals surface area contributed by atoms with Crippen molar-refractivity contribution in [3.05, 3.63) is 60.2 Å². The highest BCUT2D eigenvalue weighted by atomic mass is 16.5. The SMILES string of the molecule is C=C1CC2COC(=O)C2(c2ccc3ccccc3c2)C1. The fraction of sp³-hybridized carbons (Fsp3) is 0.278. The van der Waals surface area contributed by atoms with Crippen LogP contribution in [0.15, 0.2) is 54.6 Å². The van der Waals surface area contributed by atoms with Crippen molar-refractivity contribution in [2.45, 2.75) is 18.3 Å². The number of esters is 1. The predicted molar refractivity (Wildman–Crippen MR) is 78.4 cm³/mol. The first-order chi connectivity index (χ1) is 9.70. The Morgan fingerprint density at radius 1 is 1.15 bits per heavy atom. The van der Waals surface area contributed by atoms with E-state index in [4.69, 9.17) is 4.74 Å². The zero-order valence-electron chi connectivity index (χ0n) is 11.3. The molecule has 2 aromatic rings. The van der Waals surface area contributed by atoms with Crippen molar-refractivity contribution in [3.8, 4) is 0 Å². The maximum Gasteiger partial charge on any atom is 0.317 e. The van der Waals surface area contributed by atoms with Crippen molar-refractivity contribution in [3.63, 3.8) is 0 Å². The summed E-state index contributed by atoms with van der Waals surface area (Å²) in [5, 5.41) is 2.38. The number of fused-ring (bicyclic) bond motifs is 2. The molecule has 2 atom stereocenters. The highest BCUT2D eigenvalue weighted by Gasteiger charge is 2.57. The molecular weight excluding hydrogens is 248 g/mol. The van der Waals surface area contributed by atoms with Crippen LogP contribution in [0, 0.1) is 5.92 Å². The summed E-state index contributed by atoms with van der Waals surface area (Å²) >= 11 is 0. The molecule has 0 amide bonds. The van der Waals surface area contributed by atoms with E-state index >= 15 is 0 Å². The van der Waals surface area contributed by atoms with Gasteiger partial charge in [0.25, 0.3) is 0 Å². The first-order valence-electron chi connectivity index (χ1n) is 7.03. The molecule has 0 bridgehead atoms. The molecule has 1 aliphatic heterocycles. The molecule has 2 heteroatoms. The molecule has 0 aromatic heterocycles. The van der Waals surface area contributed by atoms with Gasteiger partial charge >= 0.3 is 5.97 Å². The molecule has 100 valence electrons. The average molecular weight is 264 g/mol. The van der Waals surface area contributed by atoms with Crippen LogP contribution in [0.2, 0.25) is 0 Å². The Morgan fingerprint density at radius 2 is 1.95 bits per heavy atom. The number of hydrogen-bond donors (Lipinski definition) is 0. The summed E-state index contributed by atoms with van der Waals surface area (Å²) in [6.07, 6.45) is 1.63. The van der Waals surface area contributed by atoms with E-state index in [1.807, 2.05) is 12.1 Å². The zero-order chi connectivity index (χ0) is 13.7. The van der Waals surface area contributed by atoms with Crippen molar-refractivity contribution in [2.75, 3.05) is 6.61 Å². The van der Waals surface area contributed by atoms with Crippen molar-refractivity contribution in [2.24, 2.45) is 5.92 Å². The number of allylic oxidation sites excluding steroid dienone is 1. The van der Waals surface area contributed by atoms with E-state index in [0.29, 0.717) is 6.61 Å². The maximum atomic E-state index is 12.4. The van der Waals surface area contributed by atoms with Crippen molar-refractivity contribution < 1.29 is 9.53 Å². The van der Waals surface area contributed by atoms with Gasteiger partial charge in [0.1, 0.15) is 5.41 Å². The van der Waals surface area contributed by atoms with Crippen LogP contribution in [0.3, 0.4) is 0 Å². The molecule has 2 aliphatic rings. The standard InChI is InChI=1S/C18H16O2/c1-12-8-16-11-20-17(19)18(16,10-12)15-7-6-13-4-2-3-5-14(13)9-15/h2-7,9,16H,1,8,10-11H2. The Labute approximate surface area is 118 Å². The second kappa shape index (κ2) is 3.95. The molecule has 1 aliphatic carbocycles. The quantitative estimate of drug-likeness (QED) is 0.581. The number of carbonyl (C=O) groups excluding carboxylic acids is 1. The minimum Gasteiger partial charge on any atom is -0.465 e. The van der Waals surface area contributed by atoms with Gasteiger partial charge in [-0.1, -0.05) is 48.6 Å². The van der Waals surface area contributed by atoms with Crippen LogP contribution < -0.4 is 0 Å². The largest absolute Gasteiger partial charge is 0.465 e. The molecular formula is C18H16O2. The van der Waals surface area contributed by atoms with Gasteiger partial charge in [0, 0.05) is 5.92 Å². The van der Waals surface area contributed by atoms with Gasteiger partial charge < -0.3 is 4.74 Å². The van der Waals surface area contributed by atoms with Crippen LogP contribution in [0.1, 0.15) is 18.4 Å². The van der Waals surface area contributed by atoms with E-state index in [9.17, 15) is 4.79 Å². The number of benzene rings is 2. The highest BCUT2D eigenvalue weighted by molar-refractivity contribution is 5.90. The van der Waals surface area contributed by atoms with Gasteiger partial charge in [0.2, 0.25) is 0 Å². The lowest BCUT2D eigenvalue weighted by atomic mass is 9.73. The lowest BCUT2D eigenvalue weighted by Crippen LogP contribution is -2.33. The van der Waals surface area contributed by atoms with Crippen LogP contribution in [-0.4, -0.2) is 12.6 Å². The fourth-order valence-corrected chi connectivity index (χ4v) is 3.80. The second-order valence-electron chi connectivity index (χ2n) is 5.96. The molecule has 2 unspecified atom stereocenters. The Bertz CT molecular complexity index is 731.